The lowest BCUT2D eigenvalue weighted by Gasteiger charge is -2.11. The van der Waals surface area contributed by atoms with E-state index in [2.05, 4.69) is 20.9 Å². The van der Waals surface area contributed by atoms with Gasteiger partial charge < -0.3 is 4.74 Å². The summed E-state index contributed by atoms with van der Waals surface area (Å²) in [5.74, 6) is -0.394. The van der Waals surface area contributed by atoms with Crippen molar-refractivity contribution in [3.8, 4) is 11.3 Å². The smallest absolute Gasteiger partial charge is 0.339 e. The van der Waals surface area contributed by atoms with Gasteiger partial charge in [-0.3, -0.25) is 0 Å². The average molecular weight is 453 g/mol. The minimum Gasteiger partial charge on any atom is -0.457 e. The van der Waals surface area contributed by atoms with Gasteiger partial charge in [0.25, 0.3) is 0 Å². The summed E-state index contributed by atoms with van der Waals surface area (Å²) < 4.78 is 6.55. The Labute approximate surface area is 176 Å². The third-order valence-corrected chi connectivity index (χ3v) is 5.23. The summed E-state index contributed by atoms with van der Waals surface area (Å²) in [5, 5.41) is 1.33. The average Bonchev–Trinajstić information content (AvgIpc) is 2.72. The van der Waals surface area contributed by atoms with E-state index in [9.17, 15) is 4.79 Å². The number of ether oxygens (including phenoxy) is 1. The monoisotopic (exact) mass is 451 g/mol. The maximum atomic E-state index is 12.9. The van der Waals surface area contributed by atoms with Crippen LogP contribution >= 0.6 is 27.5 Å². The first kappa shape index (κ1) is 18.7. The number of para-hydroxylation sites is 1. The molecule has 0 bridgehead atoms. The van der Waals surface area contributed by atoms with Crippen LogP contribution in [-0.4, -0.2) is 11.0 Å². The molecule has 4 rings (SSSR count). The Kier molecular flexibility index (Phi) is 5.42. The van der Waals surface area contributed by atoms with Crippen molar-refractivity contribution in [1.82, 2.24) is 4.98 Å². The van der Waals surface area contributed by atoms with Gasteiger partial charge in [-0.1, -0.05) is 76.1 Å². The molecule has 0 amide bonds. The molecule has 4 aromatic rings. The number of carbonyl (C=O) groups is 1. The lowest BCUT2D eigenvalue weighted by atomic mass is 10.0. The molecule has 0 unspecified atom stereocenters. The predicted octanol–water partition coefficient (Wildman–Crippen LogP) is 6.67. The number of fused-ring (bicyclic) bond motifs is 1. The van der Waals surface area contributed by atoms with Gasteiger partial charge in [-0.05, 0) is 35.9 Å². The van der Waals surface area contributed by atoms with Gasteiger partial charge in [-0.15, -0.1) is 0 Å². The molecule has 0 saturated heterocycles. The number of benzene rings is 3. The Hall–Kier alpha value is -2.69. The zero-order valence-corrected chi connectivity index (χ0v) is 17.1. The third-order valence-electron chi connectivity index (χ3n) is 4.37. The van der Waals surface area contributed by atoms with Crippen molar-refractivity contribution in [2.45, 2.75) is 6.61 Å². The normalized spacial score (nSPS) is 10.8. The summed E-state index contributed by atoms with van der Waals surface area (Å²) in [6.45, 7) is 0.199. The van der Waals surface area contributed by atoms with Gasteiger partial charge in [0.15, 0.2) is 0 Å². The van der Waals surface area contributed by atoms with Crippen molar-refractivity contribution in [1.29, 1.82) is 0 Å². The molecule has 28 heavy (non-hydrogen) atoms. The van der Waals surface area contributed by atoms with E-state index in [1.54, 1.807) is 12.1 Å². The first-order valence-electron chi connectivity index (χ1n) is 8.68. The molecule has 5 heteroatoms. The number of pyridine rings is 1. The van der Waals surface area contributed by atoms with Gasteiger partial charge in [0.05, 0.1) is 16.8 Å². The second kappa shape index (κ2) is 8.13. The Balaban J connectivity index is 1.71. The molecule has 0 aliphatic heterocycles. The molecule has 138 valence electrons. The van der Waals surface area contributed by atoms with Gasteiger partial charge in [0, 0.05) is 20.4 Å². The van der Waals surface area contributed by atoms with Crippen LogP contribution in [0, 0.1) is 0 Å². The molecular weight excluding hydrogens is 438 g/mol. The van der Waals surface area contributed by atoms with Crippen molar-refractivity contribution in [2.24, 2.45) is 0 Å². The predicted molar refractivity (Wildman–Crippen MR) is 115 cm³/mol. The van der Waals surface area contributed by atoms with Crippen molar-refractivity contribution in [3.05, 3.63) is 99.5 Å². The van der Waals surface area contributed by atoms with E-state index in [0.717, 1.165) is 26.5 Å². The van der Waals surface area contributed by atoms with Crippen LogP contribution in [0.3, 0.4) is 0 Å². The van der Waals surface area contributed by atoms with E-state index in [-0.39, 0.29) is 6.61 Å². The summed E-state index contributed by atoms with van der Waals surface area (Å²) in [5.41, 5.74) is 3.52. The SMILES string of the molecule is O=C(OCc1ccc(Br)cc1)c1cc(-c2ccccc2Cl)nc2ccccc12. The molecule has 0 aliphatic rings. The number of aromatic nitrogens is 1. The number of hydrogen-bond acceptors (Lipinski definition) is 3. The van der Waals surface area contributed by atoms with E-state index < -0.39 is 5.97 Å². The summed E-state index contributed by atoms with van der Waals surface area (Å²) in [6, 6.07) is 24.4. The highest BCUT2D eigenvalue weighted by Crippen LogP contribution is 2.30. The minimum atomic E-state index is -0.394. The van der Waals surface area contributed by atoms with Crippen molar-refractivity contribution in [2.75, 3.05) is 0 Å². The quantitative estimate of drug-likeness (QED) is 0.324. The van der Waals surface area contributed by atoms with Gasteiger partial charge in [0.1, 0.15) is 6.61 Å². The Morgan fingerprint density at radius 2 is 1.68 bits per heavy atom. The van der Waals surface area contributed by atoms with Crippen molar-refractivity contribution < 1.29 is 9.53 Å². The van der Waals surface area contributed by atoms with E-state index in [1.807, 2.05) is 66.7 Å². The highest BCUT2D eigenvalue weighted by atomic mass is 79.9. The molecule has 0 N–H and O–H groups in total. The first-order valence-corrected chi connectivity index (χ1v) is 9.85. The number of halogens is 2. The Morgan fingerprint density at radius 1 is 0.964 bits per heavy atom. The Bertz CT molecular complexity index is 1160. The standard InChI is InChI=1S/C23H15BrClNO2/c24-16-11-9-15(10-12-16)14-28-23(27)19-13-22(18-6-1-3-7-20(18)25)26-21-8-4-2-5-17(19)21/h1-13H,14H2. The van der Waals surface area contributed by atoms with Crippen molar-refractivity contribution >= 4 is 44.4 Å². The van der Waals surface area contributed by atoms with Crippen LogP contribution < -0.4 is 0 Å². The summed E-state index contributed by atoms with van der Waals surface area (Å²) in [4.78, 5) is 17.6. The maximum absolute atomic E-state index is 12.9. The molecule has 0 atom stereocenters. The van der Waals surface area contributed by atoms with E-state index >= 15 is 0 Å². The zero-order chi connectivity index (χ0) is 19.5. The second-order valence-electron chi connectivity index (χ2n) is 6.25. The van der Waals surface area contributed by atoms with Crippen molar-refractivity contribution in [3.63, 3.8) is 0 Å². The van der Waals surface area contributed by atoms with E-state index in [4.69, 9.17) is 16.3 Å². The van der Waals surface area contributed by atoms with Crippen LogP contribution in [0.5, 0.6) is 0 Å². The fraction of sp³-hybridized carbons (Fsp3) is 0.0435. The molecule has 0 fully saturated rings. The Morgan fingerprint density at radius 3 is 2.46 bits per heavy atom. The number of esters is 1. The van der Waals surface area contributed by atoms with Gasteiger partial charge in [-0.25, -0.2) is 9.78 Å². The van der Waals surface area contributed by atoms with Crippen LogP contribution in [0.4, 0.5) is 0 Å². The maximum Gasteiger partial charge on any atom is 0.339 e. The van der Waals surface area contributed by atoms with Crippen LogP contribution in [0.15, 0.2) is 83.3 Å². The minimum absolute atomic E-state index is 0.199. The lowest BCUT2D eigenvalue weighted by Crippen LogP contribution is -2.07. The molecule has 0 aliphatic carbocycles. The van der Waals surface area contributed by atoms with Crippen LogP contribution in [0.2, 0.25) is 5.02 Å². The lowest BCUT2D eigenvalue weighted by molar-refractivity contribution is 0.0475. The fourth-order valence-electron chi connectivity index (χ4n) is 2.96. The molecule has 0 saturated carbocycles. The van der Waals surface area contributed by atoms with E-state index in [1.165, 1.54) is 0 Å². The number of hydrogen-bond donors (Lipinski definition) is 0. The number of carbonyl (C=O) groups excluding carboxylic acids is 1. The number of rotatable bonds is 4. The topological polar surface area (TPSA) is 39.2 Å². The van der Waals surface area contributed by atoms with Gasteiger partial charge >= 0.3 is 5.97 Å². The molecule has 1 heterocycles. The molecule has 3 aromatic carbocycles. The highest BCUT2D eigenvalue weighted by molar-refractivity contribution is 9.10. The van der Waals surface area contributed by atoms with Gasteiger partial charge in [-0.2, -0.15) is 0 Å². The summed E-state index contributed by atoms with van der Waals surface area (Å²) in [7, 11) is 0. The first-order chi connectivity index (χ1) is 13.6. The molecule has 0 spiro atoms. The summed E-state index contributed by atoms with van der Waals surface area (Å²) >= 11 is 9.74. The molecule has 3 nitrogen and oxygen atoms in total. The van der Waals surface area contributed by atoms with Gasteiger partial charge in [0.2, 0.25) is 0 Å². The van der Waals surface area contributed by atoms with E-state index in [0.29, 0.717) is 16.3 Å². The second-order valence-corrected chi connectivity index (χ2v) is 7.58. The summed E-state index contributed by atoms with van der Waals surface area (Å²) in [6.07, 6.45) is 0. The molecular formula is C23H15BrClNO2. The molecule has 1 aromatic heterocycles. The fourth-order valence-corrected chi connectivity index (χ4v) is 3.46. The molecule has 0 radical (unpaired) electrons. The van der Waals surface area contributed by atoms with Crippen LogP contribution in [-0.2, 0) is 11.3 Å². The third kappa shape index (κ3) is 3.93. The number of nitrogens with zero attached hydrogens (tertiary/aromatic N) is 1. The largest absolute Gasteiger partial charge is 0.457 e. The van der Waals surface area contributed by atoms with Crippen LogP contribution in [0.1, 0.15) is 15.9 Å². The van der Waals surface area contributed by atoms with Crippen LogP contribution in [0.25, 0.3) is 22.2 Å². The zero-order valence-electron chi connectivity index (χ0n) is 14.7. The highest BCUT2D eigenvalue weighted by Gasteiger charge is 2.16.